The van der Waals surface area contributed by atoms with Gasteiger partial charge in [-0.2, -0.15) is 0 Å². The minimum atomic E-state index is 0.221. The lowest BCUT2D eigenvalue weighted by Crippen LogP contribution is -2.37. The maximum atomic E-state index is 12.3. The zero-order valence-corrected chi connectivity index (χ0v) is 12.1. The third-order valence-corrected chi connectivity index (χ3v) is 4.98. The monoisotopic (exact) mass is 279 g/mol. The van der Waals surface area contributed by atoms with Crippen LogP contribution in [0.4, 0.5) is 0 Å². The SMILES string of the molecule is O=C1CCCCCN1CCC(=O)N1C[C@@H]2CCN[C@@H]2C1. The largest absolute Gasteiger partial charge is 0.342 e. The highest BCUT2D eigenvalue weighted by atomic mass is 16.2. The summed E-state index contributed by atoms with van der Waals surface area (Å²) in [5, 5.41) is 3.47. The van der Waals surface area contributed by atoms with E-state index in [0.717, 1.165) is 45.4 Å². The van der Waals surface area contributed by atoms with Crippen molar-refractivity contribution >= 4 is 11.8 Å². The van der Waals surface area contributed by atoms with Crippen LogP contribution in [0.5, 0.6) is 0 Å². The van der Waals surface area contributed by atoms with Crippen molar-refractivity contribution in [3.8, 4) is 0 Å². The first-order valence-electron chi connectivity index (χ1n) is 8.03. The molecule has 3 rings (SSSR count). The number of hydrogen-bond acceptors (Lipinski definition) is 3. The molecule has 0 radical (unpaired) electrons. The summed E-state index contributed by atoms with van der Waals surface area (Å²) in [5.74, 6) is 1.10. The van der Waals surface area contributed by atoms with Gasteiger partial charge in [0.1, 0.15) is 0 Å². The number of carbonyl (C=O) groups is 2. The second-order valence-corrected chi connectivity index (χ2v) is 6.35. The van der Waals surface area contributed by atoms with Gasteiger partial charge in [-0.1, -0.05) is 6.42 Å². The van der Waals surface area contributed by atoms with Crippen LogP contribution in [-0.4, -0.2) is 60.4 Å². The summed E-state index contributed by atoms with van der Waals surface area (Å²) in [5.41, 5.74) is 0. The third-order valence-electron chi connectivity index (χ3n) is 4.98. The number of nitrogens with zero attached hydrogens (tertiary/aromatic N) is 2. The number of carbonyl (C=O) groups excluding carboxylic acids is 2. The second kappa shape index (κ2) is 6.12. The average molecular weight is 279 g/mol. The van der Waals surface area contributed by atoms with Gasteiger partial charge in [0.15, 0.2) is 0 Å². The van der Waals surface area contributed by atoms with Crippen LogP contribution in [0.3, 0.4) is 0 Å². The van der Waals surface area contributed by atoms with Gasteiger partial charge < -0.3 is 15.1 Å². The van der Waals surface area contributed by atoms with Crippen LogP contribution in [0, 0.1) is 5.92 Å². The van der Waals surface area contributed by atoms with Gasteiger partial charge in [-0.05, 0) is 31.7 Å². The Kier molecular flexibility index (Phi) is 4.24. The summed E-state index contributed by atoms with van der Waals surface area (Å²) in [6.45, 7) is 4.30. The zero-order valence-electron chi connectivity index (χ0n) is 12.1. The Morgan fingerprint density at radius 3 is 3.00 bits per heavy atom. The smallest absolute Gasteiger partial charge is 0.224 e. The predicted molar refractivity (Wildman–Crippen MR) is 76.1 cm³/mol. The van der Waals surface area contributed by atoms with Crippen LogP contribution in [-0.2, 0) is 9.59 Å². The number of amides is 2. The van der Waals surface area contributed by atoms with Crippen molar-refractivity contribution in [1.29, 1.82) is 0 Å². The standard InChI is InChI=1S/C15H25N3O2/c19-14-4-2-1-3-8-17(14)9-6-15(20)18-10-12-5-7-16-13(12)11-18/h12-13,16H,1-11H2/t12-,13+/m0/s1. The summed E-state index contributed by atoms with van der Waals surface area (Å²) in [6, 6.07) is 0.513. The van der Waals surface area contributed by atoms with E-state index in [-0.39, 0.29) is 11.8 Å². The highest BCUT2D eigenvalue weighted by molar-refractivity contribution is 5.79. The molecule has 1 N–H and O–H groups in total. The molecule has 0 aromatic rings. The third kappa shape index (κ3) is 2.97. The molecule has 20 heavy (non-hydrogen) atoms. The topological polar surface area (TPSA) is 52.7 Å². The van der Waals surface area contributed by atoms with Gasteiger partial charge in [0, 0.05) is 45.1 Å². The lowest BCUT2D eigenvalue weighted by atomic mass is 10.1. The molecule has 5 heteroatoms. The molecule has 0 aromatic heterocycles. The molecule has 3 saturated heterocycles. The van der Waals surface area contributed by atoms with Gasteiger partial charge in [-0.3, -0.25) is 9.59 Å². The van der Waals surface area contributed by atoms with Gasteiger partial charge in [0.25, 0.3) is 0 Å². The number of nitrogens with one attached hydrogen (secondary N) is 1. The first-order chi connectivity index (χ1) is 9.74. The lowest BCUT2D eigenvalue weighted by Gasteiger charge is -2.22. The zero-order chi connectivity index (χ0) is 13.9. The van der Waals surface area contributed by atoms with Crippen LogP contribution in [0.2, 0.25) is 0 Å². The van der Waals surface area contributed by atoms with E-state index in [9.17, 15) is 9.59 Å². The number of likely N-dealkylation sites (tertiary alicyclic amines) is 2. The first-order valence-corrected chi connectivity index (χ1v) is 8.03. The van der Waals surface area contributed by atoms with Crippen LogP contribution in [0.1, 0.15) is 38.5 Å². The van der Waals surface area contributed by atoms with Crippen molar-refractivity contribution in [2.45, 2.75) is 44.6 Å². The maximum Gasteiger partial charge on any atom is 0.224 e. The molecule has 3 aliphatic rings. The predicted octanol–water partition coefficient (Wildman–Crippen LogP) is 0.599. The van der Waals surface area contributed by atoms with Gasteiger partial charge in [-0.25, -0.2) is 0 Å². The van der Waals surface area contributed by atoms with E-state index in [4.69, 9.17) is 0 Å². The van der Waals surface area contributed by atoms with Crippen LogP contribution in [0.15, 0.2) is 0 Å². The van der Waals surface area contributed by atoms with E-state index in [1.165, 1.54) is 6.42 Å². The molecule has 2 atom stereocenters. The molecule has 0 bridgehead atoms. The molecule has 112 valence electrons. The van der Waals surface area contributed by atoms with Crippen molar-refractivity contribution in [2.24, 2.45) is 5.92 Å². The van der Waals surface area contributed by atoms with Gasteiger partial charge >= 0.3 is 0 Å². The summed E-state index contributed by atoms with van der Waals surface area (Å²) in [4.78, 5) is 28.0. The second-order valence-electron chi connectivity index (χ2n) is 6.35. The molecule has 0 aromatic carbocycles. The Bertz CT molecular complexity index is 373. The highest BCUT2D eigenvalue weighted by Crippen LogP contribution is 2.25. The van der Waals surface area contributed by atoms with Crippen LogP contribution in [0.25, 0.3) is 0 Å². The van der Waals surface area contributed by atoms with Crippen LogP contribution < -0.4 is 5.32 Å². The highest BCUT2D eigenvalue weighted by Gasteiger charge is 2.37. The Balaban J connectivity index is 1.46. The Morgan fingerprint density at radius 1 is 1.25 bits per heavy atom. The molecule has 3 fully saturated rings. The van der Waals surface area contributed by atoms with Crippen molar-refractivity contribution in [3.05, 3.63) is 0 Å². The number of hydrogen-bond donors (Lipinski definition) is 1. The van der Waals surface area contributed by atoms with E-state index < -0.39 is 0 Å². The van der Waals surface area contributed by atoms with E-state index >= 15 is 0 Å². The Morgan fingerprint density at radius 2 is 2.15 bits per heavy atom. The molecule has 0 saturated carbocycles. The molecule has 0 spiro atoms. The minimum Gasteiger partial charge on any atom is -0.342 e. The van der Waals surface area contributed by atoms with E-state index in [0.29, 0.717) is 31.3 Å². The molecule has 5 nitrogen and oxygen atoms in total. The molecule has 3 aliphatic heterocycles. The normalized spacial score (nSPS) is 30.5. The average Bonchev–Trinajstić information content (AvgIpc) is 2.96. The first kappa shape index (κ1) is 13.9. The number of rotatable bonds is 3. The van der Waals surface area contributed by atoms with E-state index in [1.807, 2.05) is 9.80 Å². The Labute approximate surface area is 120 Å². The summed E-state index contributed by atoms with van der Waals surface area (Å²) < 4.78 is 0. The molecule has 2 amide bonds. The number of fused-ring (bicyclic) bond motifs is 1. The molecule has 0 aliphatic carbocycles. The molecular formula is C15H25N3O2. The molecule has 0 unspecified atom stereocenters. The minimum absolute atomic E-state index is 0.221. The Hall–Kier alpha value is -1.10. The molecule has 3 heterocycles. The fourth-order valence-electron chi connectivity index (χ4n) is 3.72. The van der Waals surface area contributed by atoms with Crippen molar-refractivity contribution < 1.29 is 9.59 Å². The van der Waals surface area contributed by atoms with Crippen molar-refractivity contribution in [1.82, 2.24) is 15.1 Å². The van der Waals surface area contributed by atoms with Gasteiger partial charge in [0.05, 0.1) is 0 Å². The van der Waals surface area contributed by atoms with Crippen molar-refractivity contribution in [2.75, 3.05) is 32.7 Å². The summed E-state index contributed by atoms with van der Waals surface area (Å²) in [6.07, 6.45) is 5.57. The van der Waals surface area contributed by atoms with E-state index in [2.05, 4.69) is 5.32 Å². The van der Waals surface area contributed by atoms with Gasteiger partial charge in [-0.15, -0.1) is 0 Å². The lowest BCUT2D eigenvalue weighted by molar-refractivity contribution is -0.133. The quantitative estimate of drug-likeness (QED) is 0.823. The fraction of sp³-hybridized carbons (Fsp3) is 0.867. The maximum absolute atomic E-state index is 12.3. The molecular weight excluding hydrogens is 254 g/mol. The van der Waals surface area contributed by atoms with Crippen LogP contribution >= 0.6 is 0 Å². The van der Waals surface area contributed by atoms with E-state index in [1.54, 1.807) is 0 Å². The van der Waals surface area contributed by atoms with Gasteiger partial charge in [0.2, 0.25) is 11.8 Å². The fourth-order valence-corrected chi connectivity index (χ4v) is 3.72. The summed E-state index contributed by atoms with van der Waals surface area (Å²) in [7, 11) is 0. The summed E-state index contributed by atoms with van der Waals surface area (Å²) >= 11 is 0. The van der Waals surface area contributed by atoms with Crippen molar-refractivity contribution in [3.63, 3.8) is 0 Å².